The number of alkyl halides is 3. The van der Waals surface area contributed by atoms with Crippen molar-refractivity contribution in [3.05, 3.63) is 59.7 Å². The van der Waals surface area contributed by atoms with Crippen LogP contribution in [0.1, 0.15) is 31.0 Å². The van der Waals surface area contributed by atoms with E-state index in [9.17, 15) is 26.4 Å². The maximum atomic E-state index is 12.8. The summed E-state index contributed by atoms with van der Waals surface area (Å²) in [5.41, 5.74) is -0.335. The molecule has 0 heterocycles. The van der Waals surface area contributed by atoms with Gasteiger partial charge in [-0.3, -0.25) is 4.79 Å². The van der Waals surface area contributed by atoms with Gasteiger partial charge in [0.2, 0.25) is 15.9 Å². The topological polar surface area (TPSA) is 84.5 Å². The Balaban J connectivity index is 2.00. The highest BCUT2D eigenvalue weighted by Crippen LogP contribution is 2.30. The van der Waals surface area contributed by atoms with Crippen molar-refractivity contribution >= 4 is 15.9 Å². The smallest absolute Gasteiger partial charge is 0.416 e. The van der Waals surface area contributed by atoms with Crippen molar-refractivity contribution < 1.29 is 31.1 Å². The maximum absolute atomic E-state index is 12.8. The number of hydrogen-bond donors (Lipinski definition) is 2. The normalized spacial score (nSPS) is 13.0. The van der Waals surface area contributed by atoms with E-state index in [0.29, 0.717) is 18.4 Å². The zero-order valence-corrected chi connectivity index (χ0v) is 16.6. The lowest BCUT2D eigenvalue weighted by molar-refractivity contribution is -0.137. The van der Waals surface area contributed by atoms with E-state index in [1.54, 1.807) is 31.2 Å². The fourth-order valence-electron chi connectivity index (χ4n) is 2.50. The van der Waals surface area contributed by atoms with Gasteiger partial charge in [0.15, 0.2) is 0 Å². The summed E-state index contributed by atoms with van der Waals surface area (Å²) in [5, 5.41) is 2.62. The Bertz CT molecular complexity index is 962. The van der Waals surface area contributed by atoms with E-state index < -0.39 is 45.2 Å². The summed E-state index contributed by atoms with van der Waals surface area (Å²) in [4.78, 5) is 11.5. The average molecular weight is 430 g/mol. The summed E-state index contributed by atoms with van der Waals surface area (Å²) < 4.78 is 70.1. The van der Waals surface area contributed by atoms with Crippen molar-refractivity contribution in [2.24, 2.45) is 0 Å². The Kier molecular flexibility index (Phi) is 7.26. The van der Waals surface area contributed by atoms with Crippen molar-refractivity contribution in [3.63, 3.8) is 0 Å². The number of carbonyl (C=O) groups is 1. The number of carbonyl (C=O) groups excluding carboxylic acids is 1. The van der Waals surface area contributed by atoms with Crippen LogP contribution >= 0.6 is 0 Å². The molecule has 1 unspecified atom stereocenters. The number of sulfonamides is 1. The van der Waals surface area contributed by atoms with Gasteiger partial charge in [-0.15, -0.1) is 0 Å². The molecule has 0 aromatic heterocycles. The molecular formula is C19H21F3N2O4S. The Hall–Kier alpha value is -2.59. The Morgan fingerprint density at radius 3 is 2.48 bits per heavy atom. The first-order valence-electron chi connectivity index (χ1n) is 8.72. The van der Waals surface area contributed by atoms with Gasteiger partial charge in [0.1, 0.15) is 5.75 Å². The second kappa shape index (κ2) is 9.27. The van der Waals surface area contributed by atoms with E-state index in [1.807, 2.05) is 11.6 Å². The summed E-state index contributed by atoms with van der Waals surface area (Å²) in [7, 11) is -4.28. The molecule has 6 nitrogen and oxygen atoms in total. The number of nitrogens with one attached hydrogen (secondary N) is 2. The number of rotatable bonds is 8. The molecule has 0 aliphatic heterocycles. The Labute approximate surface area is 167 Å². The molecule has 2 N–H and O–H groups in total. The molecular weight excluding hydrogens is 409 g/mol. The van der Waals surface area contributed by atoms with Crippen LogP contribution < -0.4 is 14.8 Å². The predicted molar refractivity (Wildman–Crippen MR) is 101 cm³/mol. The molecule has 158 valence electrons. The van der Waals surface area contributed by atoms with Crippen molar-refractivity contribution in [1.82, 2.24) is 10.0 Å². The minimum Gasteiger partial charge on any atom is -0.494 e. The zero-order chi connectivity index (χ0) is 21.7. The van der Waals surface area contributed by atoms with E-state index >= 15 is 0 Å². The van der Waals surface area contributed by atoms with E-state index in [-0.39, 0.29) is 0 Å². The molecule has 0 bridgehead atoms. The lowest BCUT2D eigenvalue weighted by atomic mass is 10.1. The quantitative estimate of drug-likeness (QED) is 0.673. The van der Waals surface area contributed by atoms with Crippen LogP contribution in [0.5, 0.6) is 5.75 Å². The van der Waals surface area contributed by atoms with Crippen LogP contribution in [0.25, 0.3) is 0 Å². The fraction of sp³-hybridized carbons (Fsp3) is 0.316. The van der Waals surface area contributed by atoms with Crippen molar-refractivity contribution in [2.45, 2.75) is 31.0 Å². The van der Waals surface area contributed by atoms with Gasteiger partial charge in [0, 0.05) is 0 Å². The summed E-state index contributed by atoms with van der Waals surface area (Å²) >= 11 is 0. The van der Waals surface area contributed by atoms with Crippen LogP contribution in [0.3, 0.4) is 0 Å². The molecule has 0 saturated carbocycles. The highest BCUT2D eigenvalue weighted by Gasteiger charge is 2.31. The van der Waals surface area contributed by atoms with Gasteiger partial charge in [-0.25, -0.2) is 13.1 Å². The molecule has 0 spiro atoms. The number of benzene rings is 2. The summed E-state index contributed by atoms with van der Waals surface area (Å²) in [6.07, 6.45) is -4.67. The van der Waals surface area contributed by atoms with Gasteiger partial charge in [0.05, 0.1) is 29.7 Å². The van der Waals surface area contributed by atoms with Crippen molar-refractivity contribution in [1.29, 1.82) is 0 Å². The lowest BCUT2D eigenvalue weighted by Gasteiger charge is -2.16. The van der Waals surface area contributed by atoms with Crippen LogP contribution in [-0.4, -0.2) is 27.5 Å². The first kappa shape index (κ1) is 22.7. The zero-order valence-electron chi connectivity index (χ0n) is 15.8. The van der Waals surface area contributed by atoms with Gasteiger partial charge in [-0.2, -0.15) is 13.2 Å². The Morgan fingerprint density at radius 2 is 1.83 bits per heavy atom. The van der Waals surface area contributed by atoms with E-state index in [1.165, 1.54) is 0 Å². The molecule has 2 rings (SSSR count). The average Bonchev–Trinajstić information content (AvgIpc) is 2.66. The van der Waals surface area contributed by atoms with Crippen molar-refractivity contribution in [3.8, 4) is 5.75 Å². The minimum absolute atomic E-state index is 0.430. The molecule has 2 aromatic carbocycles. The second-order valence-corrected chi connectivity index (χ2v) is 7.91. The third-order valence-corrected chi connectivity index (χ3v) is 5.34. The standard InChI is InChI=1S/C19H21F3N2O4S/c1-3-28-16-8-4-6-14(10-16)13(2)24-18(25)12-23-29(26,27)17-9-5-7-15(11-17)19(20,21)22/h4-11,13,23H,3,12H2,1-2H3,(H,24,25). The largest absolute Gasteiger partial charge is 0.494 e. The van der Waals surface area contributed by atoms with Crippen LogP contribution in [0.4, 0.5) is 13.2 Å². The number of hydrogen-bond acceptors (Lipinski definition) is 4. The molecule has 10 heteroatoms. The number of amides is 1. The number of halogens is 3. The van der Waals surface area contributed by atoms with Gasteiger partial charge in [-0.05, 0) is 49.7 Å². The van der Waals surface area contributed by atoms with Crippen LogP contribution in [0.2, 0.25) is 0 Å². The summed E-state index contributed by atoms with van der Waals surface area (Å²) in [6.45, 7) is 3.42. The molecule has 2 aromatic rings. The Morgan fingerprint density at radius 1 is 1.14 bits per heavy atom. The number of ether oxygens (including phenoxy) is 1. The predicted octanol–water partition coefficient (Wildman–Crippen LogP) is 3.26. The monoisotopic (exact) mass is 430 g/mol. The molecule has 0 aliphatic carbocycles. The highest BCUT2D eigenvalue weighted by atomic mass is 32.2. The highest BCUT2D eigenvalue weighted by molar-refractivity contribution is 7.89. The SMILES string of the molecule is CCOc1cccc(C(C)NC(=O)CNS(=O)(=O)c2cccc(C(F)(F)F)c2)c1. The molecule has 0 aliphatic rings. The van der Waals surface area contributed by atoms with Gasteiger partial charge < -0.3 is 10.1 Å². The molecule has 0 radical (unpaired) electrons. The molecule has 0 saturated heterocycles. The fourth-order valence-corrected chi connectivity index (χ4v) is 3.53. The summed E-state index contributed by atoms with van der Waals surface area (Å²) in [5.74, 6) is 0.00575. The second-order valence-electron chi connectivity index (χ2n) is 6.14. The van der Waals surface area contributed by atoms with Crippen LogP contribution in [0.15, 0.2) is 53.4 Å². The van der Waals surface area contributed by atoms with E-state index in [0.717, 1.165) is 23.8 Å². The van der Waals surface area contributed by atoms with E-state index in [4.69, 9.17) is 4.74 Å². The van der Waals surface area contributed by atoms with Crippen molar-refractivity contribution in [2.75, 3.05) is 13.2 Å². The van der Waals surface area contributed by atoms with Crippen LogP contribution in [-0.2, 0) is 21.0 Å². The maximum Gasteiger partial charge on any atom is 0.416 e. The molecule has 1 atom stereocenters. The third kappa shape index (κ3) is 6.47. The summed E-state index contributed by atoms with van der Waals surface area (Å²) in [6, 6.07) is 9.93. The van der Waals surface area contributed by atoms with Gasteiger partial charge >= 0.3 is 6.18 Å². The molecule has 29 heavy (non-hydrogen) atoms. The minimum atomic E-state index is -4.67. The third-order valence-electron chi connectivity index (χ3n) is 3.94. The first-order chi connectivity index (χ1) is 13.5. The lowest BCUT2D eigenvalue weighted by Crippen LogP contribution is -2.38. The van der Waals surface area contributed by atoms with E-state index in [2.05, 4.69) is 5.32 Å². The first-order valence-corrected chi connectivity index (χ1v) is 10.2. The molecule has 1 amide bonds. The molecule has 0 fully saturated rings. The van der Waals surface area contributed by atoms with Gasteiger partial charge in [-0.1, -0.05) is 18.2 Å². The van der Waals surface area contributed by atoms with Crippen LogP contribution in [0, 0.1) is 0 Å². The van der Waals surface area contributed by atoms with Gasteiger partial charge in [0.25, 0.3) is 0 Å².